The van der Waals surface area contributed by atoms with E-state index in [1.165, 1.54) is 0 Å². The van der Waals surface area contributed by atoms with Gasteiger partial charge in [0.05, 0.1) is 13.2 Å². The van der Waals surface area contributed by atoms with Gasteiger partial charge >= 0.3 is 0 Å². The Hall–Kier alpha value is -1.03. The molecule has 0 heterocycles. The van der Waals surface area contributed by atoms with Gasteiger partial charge in [0, 0.05) is 9.50 Å². The molecular weight excluding hydrogens is 314 g/mol. The summed E-state index contributed by atoms with van der Waals surface area (Å²) in [7, 11) is 1.61. The molecule has 0 aromatic heterocycles. The number of hydrogen-bond acceptors (Lipinski definition) is 2. The topological polar surface area (TPSA) is 35.2 Å². The summed E-state index contributed by atoms with van der Waals surface area (Å²) in [5, 5.41) is 0.609. The summed E-state index contributed by atoms with van der Waals surface area (Å²) in [6.07, 6.45) is 0. The second-order valence-electron chi connectivity index (χ2n) is 3.89. The lowest BCUT2D eigenvalue weighted by Gasteiger charge is -2.16. The number of methoxy groups -OCH3 is 1. The minimum atomic E-state index is -0.265. The van der Waals surface area contributed by atoms with Crippen LogP contribution in [0.4, 0.5) is 0 Å². The Morgan fingerprint density at radius 2 is 1.89 bits per heavy atom. The molecule has 0 aliphatic carbocycles. The van der Waals surface area contributed by atoms with Gasteiger partial charge in [-0.1, -0.05) is 51.8 Å². The summed E-state index contributed by atoms with van der Waals surface area (Å²) in [6.45, 7) is 0. The molecule has 0 spiro atoms. The Bertz CT molecular complexity index is 559. The van der Waals surface area contributed by atoms with Crippen LogP contribution in [0.5, 0.6) is 5.75 Å². The molecule has 0 amide bonds. The maximum Gasteiger partial charge on any atom is 0.120 e. The van der Waals surface area contributed by atoms with E-state index in [1.54, 1.807) is 13.2 Å². The van der Waals surface area contributed by atoms with E-state index < -0.39 is 0 Å². The molecule has 1 unspecified atom stereocenters. The molecule has 0 aliphatic heterocycles. The molecule has 0 fully saturated rings. The van der Waals surface area contributed by atoms with Crippen molar-refractivity contribution in [3.8, 4) is 5.75 Å². The van der Waals surface area contributed by atoms with E-state index in [2.05, 4.69) is 15.9 Å². The molecule has 2 aromatic rings. The first-order valence-electron chi connectivity index (χ1n) is 5.47. The normalized spacial score (nSPS) is 12.2. The van der Waals surface area contributed by atoms with Crippen LogP contribution in [0.1, 0.15) is 17.2 Å². The van der Waals surface area contributed by atoms with Crippen LogP contribution in [0.25, 0.3) is 0 Å². The van der Waals surface area contributed by atoms with Gasteiger partial charge < -0.3 is 10.5 Å². The third kappa shape index (κ3) is 2.69. The van der Waals surface area contributed by atoms with E-state index in [9.17, 15) is 0 Å². The Labute approximate surface area is 120 Å². The maximum absolute atomic E-state index is 6.25. The van der Waals surface area contributed by atoms with Crippen LogP contribution < -0.4 is 10.5 Å². The summed E-state index contributed by atoms with van der Waals surface area (Å²) in [4.78, 5) is 0. The van der Waals surface area contributed by atoms with Crippen molar-refractivity contribution in [3.05, 3.63) is 63.1 Å². The molecule has 2 aromatic carbocycles. The van der Waals surface area contributed by atoms with Gasteiger partial charge in [0.15, 0.2) is 0 Å². The van der Waals surface area contributed by atoms with Crippen LogP contribution in [0.15, 0.2) is 46.9 Å². The predicted molar refractivity (Wildman–Crippen MR) is 78.2 cm³/mol. The smallest absolute Gasteiger partial charge is 0.120 e. The molecule has 1 atom stereocenters. The Kier molecular flexibility index (Phi) is 4.27. The number of halogens is 2. The van der Waals surface area contributed by atoms with Crippen LogP contribution in [0, 0.1) is 0 Å². The first-order chi connectivity index (χ1) is 8.63. The van der Waals surface area contributed by atoms with Crippen molar-refractivity contribution in [2.75, 3.05) is 7.11 Å². The first kappa shape index (κ1) is 13.4. The lowest BCUT2D eigenvalue weighted by atomic mass is 9.99. The standard InChI is InChI=1S/C14H13BrClNO/c1-18-9-6-7-11(13(16)8-9)14(17)10-4-2-3-5-12(10)15/h2-8,14H,17H2,1H3. The van der Waals surface area contributed by atoms with Crippen molar-refractivity contribution >= 4 is 27.5 Å². The summed E-state index contributed by atoms with van der Waals surface area (Å²) in [5.74, 6) is 0.725. The van der Waals surface area contributed by atoms with Gasteiger partial charge in [-0.3, -0.25) is 0 Å². The summed E-state index contributed by atoms with van der Waals surface area (Å²) in [5.41, 5.74) is 8.14. The van der Waals surface area contributed by atoms with E-state index >= 15 is 0 Å². The number of benzene rings is 2. The predicted octanol–water partition coefficient (Wildman–Crippen LogP) is 4.16. The fourth-order valence-electron chi connectivity index (χ4n) is 1.78. The third-order valence-electron chi connectivity index (χ3n) is 2.78. The number of ether oxygens (including phenoxy) is 1. The summed E-state index contributed by atoms with van der Waals surface area (Å²) < 4.78 is 6.10. The van der Waals surface area contributed by atoms with Crippen molar-refractivity contribution in [1.29, 1.82) is 0 Å². The highest BCUT2D eigenvalue weighted by Gasteiger charge is 2.15. The molecule has 18 heavy (non-hydrogen) atoms. The van der Waals surface area contributed by atoms with E-state index in [1.807, 2.05) is 36.4 Å². The summed E-state index contributed by atoms with van der Waals surface area (Å²) in [6, 6.07) is 13.1. The highest BCUT2D eigenvalue weighted by molar-refractivity contribution is 9.10. The van der Waals surface area contributed by atoms with Crippen LogP contribution in [-0.4, -0.2) is 7.11 Å². The average molecular weight is 327 g/mol. The minimum Gasteiger partial charge on any atom is -0.497 e. The number of rotatable bonds is 3. The molecular formula is C14H13BrClNO. The van der Waals surface area contributed by atoms with Gasteiger partial charge in [-0.25, -0.2) is 0 Å². The van der Waals surface area contributed by atoms with Gasteiger partial charge in [-0.2, -0.15) is 0 Å². The molecule has 2 nitrogen and oxygen atoms in total. The largest absolute Gasteiger partial charge is 0.497 e. The fraction of sp³-hybridized carbons (Fsp3) is 0.143. The Morgan fingerprint density at radius 1 is 1.17 bits per heavy atom. The molecule has 0 saturated carbocycles. The highest BCUT2D eigenvalue weighted by atomic mass is 79.9. The zero-order valence-electron chi connectivity index (χ0n) is 9.86. The minimum absolute atomic E-state index is 0.265. The van der Waals surface area contributed by atoms with Crippen molar-refractivity contribution in [3.63, 3.8) is 0 Å². The lowest BCUT2D eigenvalue weighted by molar-refractivity contribution is 0.414. The zero-order valence-corrected chi connectivity index (χ0v) is 12.2. The van der Waals surface area contributed by atoms with E-state index in [0.29, 0.717) is 5.02 Å². The fourth-order valence-corrected chi connectivity index (χ4v) is 2.60. The zero-order chi connectivity index (χ0) is 13.1. The Morgan fingerprint density at radius 3 is 2.50 bits per heavy atom. The summed E-state index contributed by atoms with van der Waals surface area (Å²) >= 11 is 9.73. The maximum atomic E-state index is 6.25. The molecule has 0 radical (unpaired) electrons. The second-order valence-corrected chi connectivity index (χ2v) is 5.15. The molecule has 0 bridgehead atoms. The monoisotopic (exact) mass is 325 g/mol. The van der Waals surface area contributed by atoms with E-state index in [-0.39, 0.29) is 6.04 Å². The van der Waals surface area contributed by atoms with E-state index in [4.69, 9.17) is 22.1 Å². The third-order valence-corrected chi connectivity index (χ3v) is 3.83. The Balaban J connectivity index is 2.40. The van der Waals surface area contributed by atoms with Gasteiger partial charge in [0.2, 0.25) is 0 Å². The molecule has 94 valence electrons. The van der Waals surface area contributed by atoms with Crippen molar-refractivity contribution < 1.29 is 4.74 Å². The number of hydrogen-bond donors (Lipinski definition) is 1. The lowest BCUT2D eigenvalue weighted by Crippen LogP contribution is -2.13. The SMILES string of the molecule is COc1ccc(C(N)c2ccccc2Br)c(Cl)c1. The van der Waals surface area contributed by atoms with Gasteiger partial charge in [-0.15, -0.1) is 0 Å². The van der Waals surface area contributed by atoms with Crippen LogP contribution in [0.2, 0.25) is 5.02 Å². The molecule has 0 aliphatic rings. The molecule has 2 N–H and O–H groups in total. The second kappa shape index (κ2) is 5.74. The number of nitrogens with two attached hydrogens (primary N) is 1. The van der Waals surface area contributed by atoms with E-state index in [0.717, 1.165) is 21.3 Å². The van der Waals surface area contributed by atoms with Crippen LogP contribution >= 0.6 is 27.5 Å². The van der Waals surface area contributed by atoms with Crippen molar-refractivity contribution in [1.82, 2.24) is 0 Å². The molecule has 0 saturated heterocycles. The van der Waals surface area contributed by atoms with Crippen LogP contribution in [0.3, 0.4) is 0 Å². The van der Waals surface area contributed by atoms with Crippen molar-refractivity contribution in [2.45, 2.75) is 6.04 Å². The van der Waals surface area contributed by atoms with Gasteiger partial charge in [0.1, 0.15) is 5.75 Å². The quantitative estimate of drug-likeness (QED) is 0.919. The van der Waals surface area contributed by atoms with Gasteiger partial charge in [0.25, 0.3) is 0 Å². The molecule has 2 rings (SSSR count). The van der Waals surface area contributed by atoms with Gasteiger partial charge in [-0.05, 0) is 29.3 Å². The van der Waals surface area contributed by atoms with Crippen molar-refractivity contribution in [2.24, 2.45) is 5.73 Å². The first-order valence-corrected chi connectivity index (χ1v) is 6.64. The average Bonchev–Trinajstić information content (AvgIpc) is 2.38. The molecule has 4 heteroatoms. The van der Waals surface area contributed by atoms with Crippen LogP contribution in [-0.2, 0) is 0 Å². The highest BCUT2D eigenvalue weighted by Crippen LogP contribution is 2.32.